The zero-order chi connectivity index (χ0) is 17.0. The minimum atomic E-state index is -3.68. The van der Waals surface area contributed by atoms with Gasteiger partial charge in [0.1, 0.15) is 5.82 Å². The van der Waals surface area contributed by atoms with Gasteiger partial charge >= 0.3 is 0 Å². The minimum absolute atomic E-state index is 0.144. The third-order valence-electron chi connectivity index (χ3n) is 3.50. The standard InChI is InChI=1S/C17H19FNO3S/c1-3-13-9-10-15(18)16(14-7-5-4-6-8-14)17(13)19(11-12-20)23(2,21)22/h4-10,20H,1,3,11-12H2,2H3. The number of hydrogen-bond acceptors (Lipinski definition) is 3. The van der Waals surface area contributed by atoms with E-state index in [1.54, 1.807) is 30.3 Å². The average molecular weight is 336 g/mol. The topological polar surface area (TPSA) is 57.6 Å². The monoisotopic (exact) mass is 336 g/mol. The number of rotatable bonds is 6. The summed E-state index contributed by atoms with van der Waals surface area (Å²) in [6.45, 7) is 3.29. The maximum absolute atomic E-state index is 14.5. The van der Waals surface area contributed by atoms with Gasteiger partial charge in [-0.15, -0.1) is 0 Å². The van der Waals surface area contributed by atoms with Crippen molar-refractivity contribution >= 4 is 15.7 Å². The van der Waals surface area contributed by atoms with E-state index in [1.807, 2.05) is 0 Å². The highest BCUT2D eigenvalue weighted by Crippen LogP contribution is 2.37. The third-order valence-corrected chi connectivity index (χ3v) is 4.66. The predicted molar refractivity (Wildman–Crippen MR) is 90.2 cm³/mol. The Morgan fingerprint density at radius 1 is 1.17 bits per heavy atom. The highest BCUT2D eigenvalue weighted by molar-refractivity contribution is 7.92. The molecule has 0 heterocycles. The van der Waals surface area contributed by atoms with Crippen molar-refractivity contribution in [3.05, 3.63) is 60.8 Å². The van der Waals surface area contributed by atoms with Gasteiger partial charge < -0.3 is 5.11 Å². The number of aliphatic hydroxyl groups excluding tert-OH is 1. The molecule has 0 aromatic heterocycles. The largest absolute Gasteiger partial charge is 0.394 e. The van der Waals surface area contributed by atoms with Crippen LogP contribution in [-0.2, 0) is 16.4 Å². The van der Waals surface area contributed by atoms with Gasteiger partial charge in [0.25, 0.3) is 0 Å². The van der Waals surface area contributed by atoms with E-state index in [2.05, 4.69) is 6.92 Å². The Morgan fingerprint density at radius 3 is 2.35 bits per heavy atom. The van der Waals surface area contributed by atoms with E-state index in [4.69, 9.17) is 0 Å². The molecule has 2 aromatic carbocycles. The molecule has 0 unspecified atom stereocenters. The van der Waals surface area contributed by atoms with Crippen molar-refractivity contribution in [1.29, 1.82) is 0 Å². The van der Waals surface area contributed by atoms with Crippen LogP contribution < -0.4 is 4.31 Å². The number of sulfonamides is 1. The molecular formula is C17H19FNO3S. The Morgan fingerprint density at radius 2 is 1.83 bits per heavy atom. The molecule has 1 radical (unpaired) electrons. The maximum atomic E-state index is 14.5. The first-order valence-corrected chi connectivity index (χ1v) is 8.99. The zero-order valence-corrected chi connectivity index (χ0v) is 13.7. The summed E-state index contributed by atoms with van der Waals surface area (Å²) < 4.78 is 39.9. The Kier molecular flexibility index (Phi) is 5.38. The Bertz CT molecular complexity index is 776. The van der Waals surface area contributed by atoms with Crippen LogP contribution >= 0.6 is 0 Å². The number of nitrogens with zero attached hydrogens (tertiary/aromatic N) is 1. The molecule has 0 amide bonds. The van der Waals surface area contributed by atoms with Crippen molar-refractivity contribution in [1.82, 2.24) is 0 Å². The molecule has 0 saturated heterocycles. The summed E-state index contributed by atoms with van der Waals surface area (Å²) in [6, 6.07) is 11.6. The van der Waals surface area contributed by atoms with Crippen molar-refractivity contribution < 1.29 is 17.9 Å². The van der Waals surface area contributed by atoms with E-state index in [9.17, 15) is 17.9 Å². The number of benzene rings is 2. The molecule has 0 saturated carbocycles. The number of hydrogen-bond donors (Lipinski definition) is 1. The van der Waals surface area contributed by atoms with E-state index < -0.39 is 15.8 Å². The van der Waals surface area contributed by atoms with Crippen LogP contribution in [0.4, 0.5) is 10.1 Å². The van der Waals surface area contributed by atoms with Gasteiger partial charge in [-0.3, -0.25) is 4.31 Å². The van der Waals surface area contributed by atoms with Crippen LogP contribution in [-0.4, -0.2) is 32.9 Å². The molecule has 0 fully saturated rings. The number of halogens is 1. The van der Waals surface area contributed by atoms with Gasteiger partial charge in [-0.2, -0.15) is 0 Å². The maximum Gasteiger partial charge on any atom is 0.232 e. The molecule has 0 atom stereocenters. The number of aliphatic hydroxyl groups is 1. The van der Waals surface area contributed by atoms with Crippen LogP contribution in [0.2, 0.25) is 0 Å². The van der Waals surface area contributed by atoms with Gasteiger partial charge in [0.2, 0.25) is 10.0 Å². The SMILES string of the molecule is [CH2]Cc1ccc(F)c(-c2ccccc2)c1N(CCO)S(C)(=O)=O. The van der Waals surface area contributed by atoms with Crippen LogP contribution in [0.1, 0.15) is 5.56 Å². The predicted octanol–water partition coefficient (Wildman–Crippen LogP) is 2.63. The first kappa shape index (κ1) is 17.4. The molecule has 6 heteroatoms. The molecule has 123 valence electrons. The fraction of sp³-hybridized carbons (Fsp3) is 0.235. The molecule has 0 bridgehead atoms. The van der Waals surface area contributed by atoms with Crippen LogP contribution in [0.5, 0.6) is 0 Å². The lowest BCUT2D eigenvalue weighted by molar-refractivity contribution is 0.306. The second-order valence-corrected chi connectivity index (χ2v) is 7.01. The lowest BCUT2D eigenvalue weighted by Crippen LogP contribution is -2.34. The van der Waals surface area contributed by atoms with Crippen LogP contribution in [0.3, 0.4) is 0 Å². The van der Waals surface area contributed by atoms with E-state index in [0.717, 1.165) is 10.6 Å². The molecule has 4 nitrogen and oxygen atoms in total. The molecule has 0 aliphatic carbocycles. The third kappa shape index (κ3) is 3.71. The highest BCUT2D eigenvalue weighted by atomic mass is 32.2. The van der Waals surface area contributed by atoms with Crippen LogP contribution in [0.15, 0.2) is 42.5 Å². The van der Waals surface area contributed by atoms with Gasteiger partial charge in [-0.05, 0) is 30.5 Å². The molecule has 2 aromatic rings. The first-order valence-electron chi connectivity index (χ1n) is 7.14. The average Bonchev–Trinajstić information content (AvgIpc) is 2.52. The van der Waals surface area contributed by atoms with E-state index >= 15 is 0 Å². The van der Waals surface area contributed by atoms with E-state index in [-0.39, 0.29) is 24.4 Å². The Balaban J connectivity index is 2.81. The summed E-state index contributed by atoms with van der Waals surface area (Å²) in [5.41, 5.74) is 1.61. The second-order valence-electron chi connectivity index (χ2n) is 5.10. The summed E-state index contributed by atoms with van der Waals surface area (Å²) in [6.07, 6.45) is 1.34. The highest BCUT2D eigenvalue weighted by Gasteiger charge is 2.25. The summed E-state index contributed by atoms with van der Waals surface area (Å²) >= 11 is 0. The zero-order valence-electron chi connectivity index (χ0n) is 12.9. The molecule has 23 heavy (non-hydrogen) atoms. The van der Waals surface area contributed by atoms with Gasteiger partial charge in [0.05, 0.1) is 25.1 Å². The molecular weight excluding hydrogens is 317 g/mol. The lowest BCUT2D eigenvalue weighted by atomic mass is 9.98. The van der Waals surface area contributed by atoms with E-state index in [0.29, 0.717) is 17.5 Å². The van der Waals surface area contributed by atoms with Crippen LogP contribution in [0.25, 0.3) is 11.1 Å². The normalized spacial score (nSPS) is 11.5. The van der Waals surface area contributed by atoms with Crippen molar-refractivity contribution in [2.45, 2.75) is 6.42 Å². The first-order chi connectivity index (χ1) is 10.9. The summed E-state index contributed by atoms with van der Waals surface area (Å²) in [7, 11) is -3.68. The van der Waals surface area contributed by atoms with Crippen LogP contribution in [0, 0.1) is 12.7 Å². The van der Waals surface area contributed by atoms with Gasteiger partial charge in [-0.1, -0.05) is 36.4 Å². The van der Waals surface area contributed by atoms with Gasteiger partial charge in [0, 0.05) is 5.56 Å². The van der Waals surface area contributed by atoms with Crippen molar-refractivity contribution in [3.63, 3.8) is 0 Å². The van der Waals surface area contributed by atoms with E-state index in [1.165, 1.54) is 12.1 Å². The fourth-order valence-corrected chi connectivity index (χ4v) is 3.46. The molecule has 2 rings (SSSR count). The number of anilines is 1. The second kappa shape index (κ2) is 7.10. The smallest absolute Gasteiger partial charge is 0.232 e. The fourth-order valence-electron chi connectivity index (χ4n) is 2.51. The Hall–Kier alpha value is -1.92. The van der Waals surface area contributed by atoms with Crippen molar-refractivity contribution in [3.8, 4) is 11.1 Å². The summed E-state index contributed by atoms with van der Waals surface area (Å²) in [5.74, 6) is -0.519. The summed E-state index contributed by atoms with van der Waals surface area (Å²) in [4.78, 5) is 0. The Labute approximate surface area is 136 Å². The van der Waals surface area contributed by atoms with Crippen molar-refractivity contribution in [2.75, 3.05) is 23.7 Å². The minimum Gasteiger partial charge on any atom is -0.394 e. The lowest BCUT2D eigenvalue weighted by Gasteiger charge is -2.27. The quantitative estimate of drug-likeness (QED) is 0.882. The van der Waals surface area contributed by atoms with Gasteiger partial charge in [-0.25, -0.2) is 12.8 Å². The molecule has 1 N–H and O–H groups in total. The van der Waals surface area contributed by atoms with Crippen molar-refractivity contribution in [2.24, 2.45) is 0 Å². The molecule has 0 spiro atoms. The summed E-state index contributed by atoms with van der Waals surface area (Å²) in [5, 5.41) is 9.24. The molecule has 0 aliphatic rings. The van der Waals surface area contributed by atoms with Gasteiger partial charge in [0.15, 0.2) is 0 Å². The molecule has 0 aliphatic heterocycles.